The summed E-state index contributed by atoms with van der Waals surface area (Å²) in [6, 6.07) is 15.2. The van der Waals surface area contributed by atoms with Gasteiger partial charge in [-0.05, 0) is 103 Å². The van der Waals surface area contributed by atoms with Crippen molar-refractivity contribution in [2.24, 2.45) is 0 Å². The summed E-state index contributed by atoms with van der Waals surface area (Å²) in [5.41, 5.74) is 3.62. The summed E-state index contributed by atoms with van der Waals surface area (Å²) in [6.07, 6.45) is 6.35. The molecule has 0 spiro atoms. The maximum atomic E-state index is 6.79. The maximum absolute atomic E-state index is 6.79. The van der Waals surface area contributed by atoms with Crippen LogP contribution in [0, 0.1) is 6.92 Å². The monoisotopic (exact) mass is 870 g/mol. The Hall–Kier alpha value is -2.41. The first-order valence-electron chi connectivity index (χ1n) is 17.5. The first-order chi connectivity index (χ1) is 25.5. The molecule has 0 fully saturated rings. The lowest BCUT2D eigenvalue weighted by atomic mass is 9.77. The van der Waals surface area contributed by atoms with E-state index >= 15 is 0 Å². The molecule has 0 aromatic heterocycles. The van der Waals surface area contributed by atoms with E-state index in [9.17, 15) is 0 Å². The molecule has 0 atom stereocenters. The molecule has 0 radical (unpaired) electrons. The molecule has 0 unspecified atom stereocenters. The summed E-state index contributed by atoms with van der Waals surface area (Å²) in [7, 11) is 0. The third-order valence-electron chi connectivity index (χ3n) is 9.28. The van der Waals surface area contributed by atoms with Crippen LogP contribution in [0.1, 0.15) is 81.2 Å². The lowest BCUT2D eigenvalue weighted by Crippen LogP contribution is -2.19. The predicted molar refractivity (Wildman–Crippen MR) is 231 cm³/mol. The second-order valence-electron chi connectivity index (χ2n) is 13.9. The standard InChI is InChI=1S/C43H45Cl7O4/c1-8-10-14-52-39-32(45)20-28(21-33(39)46)42(4,5)27-18-26(3)38(31(44)19-27)51-16-12-13-17-54-41-36(49)24-30(25-37(41)50)43(6,7)29-22-34(47)40(35(48)23-29)53-15-11-9-2/h8-9,18-25H,1-2,10-17H2,3-7H3. The van der Waals surface area contributed by atoms with Crippen molar-refractivity contribution in [3.05, 3.63) is 137 Å². The smallest absolute Gasteiger partial charge is 0.156 e. The Labute approximate surface area is 355 Å². The van der Waals surface area contributed by atoms with E-state index in [2.05, 4.69) is 33.1 Å². The zero-order valence-electron chi connectivity index (χ0n) is 31.1. The van der Waals surface area contributed by atoms with E-state index in [1.165, 1.54) is 0 Å². The summed E-state index contributed by atoms with van der Waals surface area (Å²) in [5.74, 6) is 1.98. The van der Waals surface area contributed by atoms with E-state index in [-0.39, 0.29) is 0 Å². The minimum Gasteiger partial charge on any atom is -0.492 e. The summed E-state index contributed by atoms with van der Waals surface area (Å²) < 4.78 is 23.7. The Balaban J connectivity index is 1.35. The fourth-order valence-corrected chi connectivity index (χ4v) is 7.93. The average molecular weight is 874 g/mol. The lowest BCUT2D eigenvalue weighted by molar-refractivity contribution is 0.266. The van der Waals surface area contributed by atoms with Crippen molar-refractivity contribution in [2.75, 3.05) is 26.4 Å². The zero-order chi connectivity index (χ0) is 39.8. The molecular weight excluding hydrogens is 829 g/mol. The molecule has 0 saturated carbocycles. The van der Waals surface area contributed by atoms with Gasteiger partial charge < -0.3 is 18.9 Å². The number of benzene rings is 4. The van der Waals surface area contributed by atoms with Crippen LogP contribution >= 0.6 is 81.2 Å². The molecule has 4 nitrogen and oxygen atoms in total. The van der Waals surface area contributed by atoms with Crippen LogP contribution in [-0.2, 0) is 10.8 Å². The Morgan fingerprint density at radius 3 is 1.00 bits per heavy atom. The number of aryl methyl sites for hydroxylation is 1. The molecule has 0 heterocycles. The molecule has 0 aliphatic carbocycles. The summed E-state index contributed by atoms with van der Waals surface area (Å²) in [4.78, 5) is 0. The first kappa shape index (κ1) is 44.3. The quantitative estimate of drug-likeness (QED) is 0.0695. The fraction of sp³-hybridized carbons (Fsp3) is 0.349. The minimum atomic E-state index is -0.531. The minimum absolute atomic E-state index is 0.396. The van der Waals surface area contributed by atoms with E-state index in [0.29, 0.717) is 104 Å². The van der Waals surface area contributed by atoms with Gasteiger partial charge in [-0.2, -0.15) is 0 Å². The Kier molecular flexibility index (Phi) is 16.1. The van der Waals surface area contributed by atoms with Crippen molar-refractivity contribution in [2.45, 2.75) is 71.1 Å². The predicted octanol–water partition coefficient (Wildman–Crippen LogP) is 15.4. The highest BCUT2D eigenvalue weighted by atomic mass is 35.5. The van der Waals surface area contributed by atoms with E-state index in [0.717, 1.165) is 34.2 Å². The highest BCUT2D eigenvalue weighted by Gasteiger charge is 2.29. The van der Waals surface area contributed by atoms with Crippen LogP contribution in [0.2, 0.25) is 35.2 Å². The third kappa shape index (κ3) is 10.7. The van der Waals surface area contributed by atoms with Gasteiger partial charge in [-0.1, -0.05) is 127 Å². The van der Waals surface area contributed by atoms with Crippen LogP contribution in [-0.4, -0.2) is 26.4 Å². The topological polar surface area (TPSA) is 36.9 Å². The van der Waals surface area contributed by atoms with Crippen LogP contribution in [0.25, 0.3) is 0 Å². The number of unbranched alkanes of at least 4 members (excludes halogenated alkanes) is 1. The average Bonchev–Trinajstić information content (AvgIpc) is 3.10. The van der Waals surface area contributed by atoms with Crippen molar-refractivity contribution in [3.63, 3.8) is 0 Å². The van der Waals surface area contributed by atoms with Crippen molar-refractivity contribution in [3.8, 4) is 23.0 Å². The number of ether oxygens (including phenoxy) is 4. The molecule has 0 saturated heterocycles. The molecule has 0 aliphatic rings. The van der Waals surface area contributed by atoms with Crippen LogP contribution in [0.15, 0.2) is 73.8 Å². The number of hydrogen-bond acceptors (Lipinski definition) is 4. The van der Waals surface area contributed by atoms with Crippen LogP contribution in [0.3, 0.4) is 0 Å². The molecule has 0 amide bonds. The van der Waals surface area contributed by atoms with Crippen LogP contribution < -0.4 is 18.9 Å². The molecular formula is C43H45Cl7O4. The van der Waals surface area contributed by atoms with Gasteiger partial charge in [0, 0.05) is 10.8 Å². The van der Waals surface area contributed by atoms with Gasteiger partial charge in [0.2, 0.25) is 0 Å². The maximum Gasteiger partial charge on any atom is 0.156 e. The van der Waals surface area contributed by atoms with Gasteiger partial charge in [0.1, 0.15) is 5.75 Å². The zero-order valence-corrected chi connectivity index (χ0v) is 36.4. The SMILES string of the molecule is C=CCCOc1c(Cl)cc(C(C)(C)c2cc(C)c(OCCCCOc3c(Cl)cc(C(C)(C)c4cc(Cl)c(OCCC=C)c(Cl)c4)cc3Cl)c(Cl)c2)cc1Cl. The molecule has 54 heavy (non-hydrogen) atoms. The number of rotatable bonds is 19. The summed E-state index contributed by atoms with van der Waals surface area (Å²) >= 11 is 46.6. The fourth-order valence-electron chi connectivity index (χ4n) is 5.82. The van der Waals surface area contributed by atoms with Gasteiger partial charge in [-0.15, -0.1) is 13.2 Å². The lowest BCUT2D eigenvalue weighted by Gasteiger charge is -2.28. The van der Waals surface area contributed by atoms with E-state index in [1.807, 2.05) is 63.2 Å². The van der Waals surface area contributed by atoms with Gasteiger partial charge in [-0.25, -0.2) is 0 Å². The van der Waals surface area contributed by atoms with Gasteiger partial charge in [0.25, 0.3) is 0 Å². The molecule has 11 heteroatoms. The van der Waals surface area contributed by atoms with Crippen LogP contribution in [0.5, 0.6) is 23.0 Å². The summed E-state index contributed by atoms with van der Waals surface area (Å²) in [5, 5.41) is 3.09. The van der Waals surface area contributed by atoms with Crippen molar-refractivity contribution < 1.29 is 18.9 Å². The molecule has 0 aliphatic heterocycles. The largest absolute Gasteiger partial charge is 0.492 e. The second-order valence-corrected chi connectivity index (χ2v) is 16.8. The highest BCUT2D eigenvalue weighted by Crippen LogP contribution is 2.45. The molecule has 4 aromatic rings. The molecule has 0 N–H and O–H groups in total. The normalized spacial score (nSPS) is 11.7. The van der Waals surface area contributed by atoms with Gasteiger partial charge in [0.15, 0.2) is 17.2 Å². The van der Waals surface area contributed by atoms with Gasteiger partial charge >= 0.3 is 0 Å². The number of halogens is 7. The summed E-state index contributed by atoms with van der Waals surface area (Å²) in [6.45, 7) is 19.4. The van der Waals surface area contributed by atoms with Gasteiger partial charge in [-0.3, -0.25) is 0 Å². The molecule has 4 rings (SSSR count). The van der Waals surface area contributed by atoms with Crippen molar-refractivity contribution in [1.29, 1.82) is 0 Å². The number of hydrogen-bond donors (Lipinski definition) is 0. The Bertz CT molecular complexity index is 1740. The highest BCUT2D eigenvalue weighted by molar-refractivity contribution is 6.38. The second kappa shape index (κ2) is 19.6. The van der Waals surface area contributed by atoms with Crippen molar-refractivity contribution in [1.82, 2.24) is 0 Å². The van der Waals surface area contributed by atoms with E-state index in [1.54, 1.807) is 12.2 Å². The molecule has 290 valence electrons. The molecule has 4 aromatic carbocycles. The van der Waals surface area contributed by atoms with Crippen LogP contribution in [0.4, 0.5) is 0 Å². The third-order valence-corrected chi connectivity index (χ3v) is 11.2. The van der Waals surface area contributed by atoms with Gasteiger partial charge in [0.05, 0.1) is 61.6 Å². The van der Waals surface area contributed by atoms with Crippen molar-refractivity contribution >= 4 is 81.2 Å². The molecule has 0 bridgehead atoms. The van der Waals surface area contributed by atoms with E-state index in [4.69, 9.17) is 100 Å². The Morgan fingerprint density at radius 2 is 0.704 bits per heavy atom. The van der Waals surface area contributed by atoms with E-state index < -0.39 is 10.8 Å². The Morgan fingerprint density at radius 1 is 0.444 bits per heavy atom. The first-order valence-corrected chi connectivity index (χ1v) is 20.2.